The minimum atomic E-state index is -0.267. The van der Waals surface area contributed by atoms with Crippen molar-refractivity contribution in [3.63, 3.8) is 0 Å². The van der Waals surface area contributed by atoms with Crippen LogP contribution in [0.2, 0.25) is 0 Å². The highest BCUT2D eigenvalue weighted by atomic mass is 16.5. The molecule has 2 rings (SSSR count). The predicted octanol–water partition coefficient (Wildman–Crippen LogP) is 1.83. The highest BCUT2D eigenvalue weighted by Gasteiger charge is 2.37. The Morgan fingerprint density at radius 2 is 2.17 bits per heavy atom. The number of benzene rings is 1. The summed E-state index contributed by atoms with van der Waals surface area (Å²) in [6.07, 6.45) is 2.26. The van der Waals surface area contributed by atoms with Gasteiger partial charge in [-0.1, -0.05) is 24.3 Å². The summed E-state index contributed by atoms with van der Waals surface area (Å²) in [5.41, 5.74) is 2.33. The number of rotatable bonds is 6. The minimum absolute atomic E-state index is 0.145. The van der Waals surface area contributed by atoms with Crippen LogP contribution in [0.5, 0.6) is 0 Å². The lowest BCUT2D eigenvalue weighted by Crippen LogP contribution is -2.45. The number of aliphatic hydroxyl groups excluding tert-OH is 1. The molecule has 18 heavy (non-hydrogen) atoms. The maximum absolute atomic E-state index is 9.77. The van der Waals surface area contributed by atoms with E-state index in [9.17, 15) is 5.11 Å². The topological polar surface area (TPSA) is 41.5 Å². The summed E-state index contributed by atoms with van der Waals surface area (Å²) in [5.74, 6) is 0. The molecule has 1 atom stereocenters. The molecule has 0 fully saturated rings. The van der Waals surface area contributed by atoms with Crippen molar-refractivity contribution in [3.8, 4) is 0 Å². The molecule has 2 N–H and O–H groups in total. The normalized spacial score (nSPS) is 22.4. The van der Waals surface area contributed by atoms with E-state index in [-0.39, 0.29) is 18.2 Å². The number of ether oxygens (including phenoxy) is 1. The van der Waals surface area contributed by atoms with E-state index in [2.05, 4.69) is 23.5 Å². The molecule has 0 aromatic heterocycles. The van der Waals surface area contributed by atoms with Gasteiger partial charge in [-0.15, -0.1) is 0 Å². The van der Waals surface area contributed by atoms with Crippen molar-refractivity contribution >= 4 is 0 Å². The molecule has 1 unspecified atom stereocenters. The van der Waals surface area contributed by atoms with Crippen LogP contribution < -0.4 is 5.32 Å². The first kappa shape index (κ1) is 13.5. The molecule has 0 bridgehead atoms. The highest BCUT2D eigenvalue weighted by Crippen LogP contribution is 2.36. The van der Waals surface area contributed by atoms with Crippen LogP contribution in [0.15, 0.2) is 24.3 Å². The lowest BCUT2D eigenvalue weighted by atomic mass is 9.93. The summed E-state index contributed by atoms with van der Waals surface area (Å²) in [5, 5.41) is 13.2. The Bertz CT molecular complexity index is 392. The van der Waals surface area contributed by atoms with Gasteiger partial charge in [0.25, 0.3) is 0 Å². The quantitative estimate of drug-likeness (QED) is 0.756. The Labute approximate surface area is 109 Å². The number of nitrogens with one attached hydrogen (secondary N) is 1. The summed E-state index contributed by atoms with van der Waals surface area (Å²) < 4.78 is 5.53. The zero-order chi connectivity index (χ0) is 13.0. The minimum Gasteiger partial charge on any atom is -0.394 e. The van der Waals surface area contributed by atoms with Gasteiger partial charge in [-0.05, 0) is 37.8 Å². The molecule has 1 aromatic carbocycles. The molecule has 1 aliphatic rings. The zero-order valence-electron chi connectivity index (χ0n) is 11.3. The summed E-state index contributed by atoms with van der Waals surface area (Å²) in [7, 11) is 0. The first-order valence-corrected chi connectivity index (χ1v) is 6.74. The Morgan fingerprint density at radius 1 is 1.39 bits per heavy atom. The number of hydrogen-bond acceptors (Lipinski definition) is 3. The molecule has 3 heteroatoms. The van der Waals surface area contributed by atoms with E-state index < -0.39 is 0 Å². The summed E-state index contributed by atoms with van der Waals surface area (Å²) >= 11 is 0. The third-order valence-corrected chi connectivity index (χ3v) is 3.64. The monoisotopic (exact) mass is 249 g/mol. The van der Waals surface area contributed by atoms with Crippen molar-refractivity contribution < 1.29 is 9.84 Å². The average molecular weight is 249 g/mol. The molecule has 3 nitrogen and oxygen atoms in total. The molecule has 0 amide bonds. The van der Waals surface area contributed by atoms with E-state index in [1.54, 1.807) is 0 Å². The molecule has 0 aliphatic heterocycles. The molecule has 0 heterocycles. The van der Waals surface area contributed by atoms with E-state index in [1.165, 1.54) is 11.1 Å². The van der Waals surface area contributed by atoms with Crippen molar-refractivity contribution in [1.29, 1.82) is 0 Å². The summed E-state index contributed by atoms with van der Waals surface area (Å²) in [6, 6.07) is 8.38. The van der Waals surface area contributed by atoms with E-state index >= 15 is 0 Å². The zero-order valence-corrected chi connectivity index (χ0v) is 11.3. The second kappa shape index (κ2) is 5.83. The first-order valence-electron chi connectivity index (χ1n) is 6.74. The van der Waals surface area contributed by atoms with E-state index in [1.807, 2.05) is 19.9 Å². The number of hydrogen-bond donors (Lipinski definition) is 2. The molecule has 0 radical (unpaired) electrons. The van der Waals surface area contributed by atoms with Gasteiger partial charge in [0, 0.05) is 6.54 Å². The van der Waals surface area contributed by atoms with Crippen molar-refractivity contribution in [1.82, 2.24) is 5.32 Å². The molecule has 0 saturated carbocycles. The average Bonchev–Trinajstić information content (AvgIpc) is 2.75. The molecule has 1 aromatic rings. The molecule has 0 spiro atoms. The van der Waals surface area contributed by atoms with Crippen LogP contribution in [0.3, 0.4) is 0 Å². The van der Waals surface area contributed by atoms with Gasteiger partial charge in [-0.25, -0.2) is 0 Å². The fourth-order valence-corrected chi connectivity index (χ4v) is 2.68. The van der Waals surface area contributed by atoms with E-state index in [0.29, 0.717) is 6.61 Å². The van der Waals surface area contributed by atoms with Gasteiger partial charge in [0.2, 0.25) is 0 Å². The van der Waals surface area contributed by atoms with E-state index in [0.717, 1.165) is 19.4 Å². The van der Waals surface area contributed by atoms with Crippen LogP contribution in [-0.2, 0) is 16.7 Å². The number of fused-ring (bicyclic) bond motifs is 1. The highest BCUT2D eigenvalue weighted by molar-refractivity contribution is 5.38. The first-order chi connectivity index (χ1) is 8.68. The molecule has 0 saturated heterocycles. The Kier molecular flexibility index (Phi) is 4.38. The third-order valence-electron chi connectivity index (χ3n) is 3.64. The standard InChI is InChI=1S/C15H23NO2/c1-12(2)18-10-9-16-15(11-17)8-7-13-5-3-4-6-14(13)15/h3-6,12,16-17H,7-11H2,1-2H3. The van der Waals surface area contributed by atoms with Crippen molar-refractivity contribution in [2.75, 3.05) is 19.8 Å². The van der Waals surface area contributed by atoms with Gasteiger partial charge >= 0.3 is 0 Å². The maximum atomic E-state index is 9.77. The van der Waals surface area contributed by atoms with Gasteiger partial charge in [-0.3, -0.25) is 0 Å². The third kappa shape index (κ3) is 2.74. The second-order valence-corrected chi connectivity index (χ2v) is 5.24. The number of aryl methyl sites for hydroxylation is 1. The molecular weight excluding hydrogens is 226 g/mol. The van der Waals surface area contributed by atoms with Crippen LogP contribution in [0, 0.1) is 0 Å². The molecule has 1 aliphatic carbocycles. The summed E-state index contributed by atoms with van der Waals surface area (Å²) in [6.45, 7) is 5.67. The molecule has 100 valence electrons. The van der Waals surface area contributed by atoms with Gasteiger partial charge < -0.3 is 15.2 Å². The number of aliphatic hydroxyl groups is 1. The van der Waals surface area contributed by atoms with Crippen LogP contribution in [0.4, 0.5) is 0 Å². The van der Waals surface area contributed by atoms with Crippen LogP contribution in [-0.4, -0.2) is 31.0 Å². The van der Waals surface area contributed by atoms with Crippen LogP contribution >= 0.6 is 0 Å². The van der Waals surface area contributed by atoms with Gasteiger partial charge in [0.1, 0.15) is 0 Å². The largest absolute Gasteiger partial charge is 0.394 e. The smallest absolute Gasteiger partial charge is 0.0675 e. The SMILES string of the molecule is CC(C)OCCNC1(CO)CCc2ccccc21. The Morgan fingerprint density at radius 3 is 2.89 bits per heavy atom. The Hall–Kier alpha value is -0.900. The lowest BCUT2D eigenvalue weighted by molar-refractivity contribution is 0.0695. The molecular formula is C15H23NO2. The van der Waals surface area contributed by atoms with Crippen molar-refractivity contribution in [2.45, 2.75) is 38.3 Å². The lowest BCUT2D eigenvalue weighted by Gasteiger charge is -2.30. The van der Waals surface area contributed by atoms with Crippen LogP contribution in [0.25, 0.3) is 0 Å². The van der Waals surface area contributed by atoms with E-state index in [4.69, 9.17) is 4.74 Å². The fourth-order valence-electron chi connectivity index (χ4n) is 2.68. The maximum Gasteiger partial charge on any atom is 0.0675 e. The van der Waals surface area contributed by atoms with Crippen molar-refractivity contribution in [2.24, 2.45) is 0 Å². The Balaban J connectivity index is 2.00. The predicted molar refractivity (Wildman–Crippen MR) is 72.6 cm³/mol. The van der Waals surface area contributed by atoms with Gasteiger partial charge in [-0.2, -0.15) is 0 Å². The van der Waals surface area contributed by atoms with Gasteiger partial charge in [0.15, 0.2) is 0 Å². The fraction of sp³-hybridized carbons (Fsp3) is 0.600. The second-order valence-electron chi connectivity index (χ2n) is 5.24. The van der Waals surface area contributed by atoms with Gasteiger partial charge in [0.05, 0.1) is 24.9 Å². The summed E-state index contributed by atoms with van der Waals surface area (Å²) in [4.78, 5) is 0. The van der Waals surface area contributed by atoms with Crippen LogP contribution in [0.1, 0.15) is 31.4 Å². The van der Waals surface area contributed by atoms with Crippen molar-refractivity contribution in [3.05, 3.63) is 35.4 Å².